The van der Waals surface area contributed by atoms with Crippen molar-refractivity contribution in [2.45, 2.75) is 38.5 Å². The molecule has 0 aliphatic rings. The lowest BCUT2D eigenvalue weighted by Gasteiger charge is -2.14. The number of unbranched alkanes of at least 4 members (excludes halogenated alkanes) is 3. The molecule has 0 spiro atoms. The van der Waals surface area contributed by atoms with E-state index in [0.29, 0.717) is 12.8 Å². The van der Waals surface area contributed by atoms with Gasteiger partial charge in [0.1, 0.15) is 0 Å². The van der Waals surface area contributed by atoms with E-state index in [1.54, 1.807) is 14.1 Å². The molecule has 6 nitrogen and oxygen atoms in total. The molecule has 0 unspecified atom stereocenters. The van der Waals surface area contributed by atoms with Gasteiger partial charge in [-0.3, -0.25) is 19.3 Å². The first-order valence-corrected chi connectivity index (χ1v) is 6.14. The second-order valence-corrected chi connectivity index (χ2v) is 4.06. The highest BCUT2D eigenvalue weighted by atomic mass is 16.7. The van der Waals surface area contributed by atoms with Crippen molar-refractivity contribution < 1.29 is 19.3 Å². The Hall–Kier alpha value is -1.14. The third-order valence-corrected chi connectivity index (χ3v) is 2.78. The van der Waals surface area contributed by atoms with Gasteiger partial charge in [0.2, 0.25) is 11.8 Å². The summed E-state index contributed by atoms with van der Waals surface area (Å²) in [6, 6.07) is 0. The Morgan fingerprint density at radius 1 is 0.778 bits per heavy atom. The van der Waals surface area contributed by atoms with Gasteiger partial charge in [0.05, 0.1) is 14.2 Å². The summed E-state index contributed by atoms with van der Waals surface area (Å²) in [6.45, 7) is 0. The average molecular weight is 260 g/mol. The van der Waals surface area contributed by atoms with Crippen molar-refractivity contribution in [3.8, 4) is 0 Å². The Morgan fingerprint density at radius 2 is 1.11 bits per heavy atom. The van der Waals surface area contributed by atoms with Gasteiger partial charge in [-0.15, -0.1) is 0 Å². The lowest BCUT2D eigenvalue weighted by atomic mass is 10.1. The first-order valence-electron chi connectivity index (χ1n) is 6.14. The second kappa shape index (κ2) is 9.85. The van der Waals surface area contributed by atoms with Crippen LogP contribution in [0.4, 0.5) is 0 Å². The summed E-state index contributed by atoms with van der Waals surface area (Å²) in [5, 5.41) is 2.47. The SMILES string of the molecule is CON(C)C(=O)CCCCCCC(=O)N(C)OC. The van der Waals surface area contributed by atoms with Crippen molar-refractivity contribution in [3.63, 3.8) is 0 Å². The molecule has 0 rings (SSSR count). The van der Waals surface area contributed by atoms with E-state index in [1.807, 2.05) is 0 Å². The predicted molar refractivity (Wildman–Crippen MR) is 67.3 cm³/mol. The first kappa shape index (κ1) is 16.9. The third kappa shape index (κ3) is 7.24. The molecule has 0 aliphatic carbocycles. The molecule has 0 saturated heterocycles. The maximum atomic E-state index is 11.4. The van der Waals surface area contributed by atoms with Gasteiger partial charge in [0.15, 0.2) is 0 Å². The molecule has 0 aromatic rings. The Kier molecular flexibility index (Phi) is 9.22. The monoisotopic (exact) mass is 260 g/mol. The molecule has 0 aliphatic heterocycles. The zero-order valence-electron chi connectivity index (χ0n) is 11.8. The normalized spacial score (nSPS) is 10.2. The summed E-state index contributed by atoms with van der Waals surface area (Å²) in [6.07, 6.45) is 4.48. The zero-order valence-corrected chi connectivity index (χ0v) is 11.8. The van der Waals surface area contributed by atoms with Crippen LogP contribution in [-0.4, -0.2) is 50.3 Å². The zero-order chi connectivity index (χ0) is 14.0. The summed E-state index contributed by atoms with van der Waals surface area (Å²) in [5.74, 6) is -0.0413. The number of hydrogen-bond donors (Lipinski definition) is 0. The van der Waals surface area contributed by atoms with Gasteiger partial charge in [0, 0.05) is 26.9 Å². The van der Waals surface area contributed by atoms with Gasteiger partial charge >= 0.3 is 0 Å². The molecule has 18 heavy (non-hydrogen) atoms. The van der Waals surface area contributed by atoms with Crippen LogP contribution >= 0.6 is 0 Å². The highest BCUT2D eigenvalue weighted by Gasteiger charge is 2.08. The highest BCUT2D eigenvalue weighted by Crippen LogP contribution is 2.08. The minimum absolute atomic E-state index is 0.0207. The van der Waals surface area contributed by atoms with Gasteiger partial charge in [-0.2, -0.15) is 0 Å². The fourth-order valence-electron chi connectivity index (χ4n) is 1.42. The Labute approximate surface area is 109 Å². The summed E-state index contributed by atoms with van der Waals surface area (Å²) < 4.78 is 0. The van der Waals surface area contributed by atoms with Crippen LogP contribution in [-0.2, 0) is 19.3 Å². The van der Waals surface area contributed by atoms with Crippen LogP contribution in [0.15, 0.2) is 0 Å². The summed E-state index contributed by atoms with van der Waals surface area (Å²) >= 11 is 0. The fraction of sp³-hybridized carbons (Fsp3) is 0.833. The third-order valence-electron chi connectivity index (χ3n) is 2.78. The molecule has 0 N–H and O–H groups in total. The fourth-order valence-corrected chi connectivity index (χ4v) is 1.42. The molecular weight excluding hydrogens is 236 g/mol. The predicted octanol–water partition coefficient (Wildman–Crippen LogP) is 1.37. The van der Waals surface area contributed by atoms with Gasteiger partial charge in [-0.1, -0.05) is 12.8 Å². The van der Waals surface area contributed by atoms with Crippen LogP contribution in [0.2, 0.25) is 0 Å². The van der Waals surface area contributed by atoms with Crippen LogP contribution in [0.3, 0.4) is 0 Å². The number of hydroxylamine groups is 4. The Bertz CT molecular complexity index is 232. The van der Waals surface area contributed by atoms with E-state index in [0.717, 1.165) is 25.7 Å². The van der Waals surface area contributed by atoms with E-state index in [9.17, 15) is 9.59 Å². The molecule has 6 heteroatoms. The topological polar surface area (TPSA) is 59.1 Å². The van der Waals surface area contributed by atoms with Crippen LogP contribution in [0.25, 0.3) is 0 Å². The summed E-state index contributed by atoms with van der Waals surface area (Å²) in [7, 11) is 6.13. The largest absolute Gasteiger partial charge is 0.275 e. The molecule has 0 saturated carbocycles. The molecule has 0 aromatic carbocycles. The molecule has 0 radical (unpaired) electrons. The molecule has 0 atom stereocenters. The maximum absolute atomic E-state index is 11.4. The van der Waals surface area contributed by atoms with E-state index in [4.69, 9.17) is 9.68 Å². The molecule has 2 amide bonds. The summed E-state index contributed by atoms with van der Waals surface area (Å²) in [4.78, 5) is 32.3. The smallest absolute Gasteiger partial charge is 0.245 e. The molecule has 0 fully saturated rings. The lowest BCUT2D eigenvalue weighted by Crippen LogP contribution is -2.25. The minimum atomic E-state index is -0.0207. The van der Waals surface area contributed by atoms with Crippen molar-refractivity contribution in [1.82, 2.24) is 10.1 Å². The van der Waals surface area contributed by atoms with Gasteiger partial charge in [0.25, 0.3) is 0 Å². The van der Waals surface area contributed by atoms with E-state index in [-0.39, 0.29) is 11.8 Å². The number of nitrogens with zero attached hydrogens (tertiary/aromatic N) is 2. The van der Waals surface area contributed by atoms with E-state index in [2.05, 4.69) is 0 Å². The molecule has 0 heterocycles. The quantitative estimate of drug-likeness (QED) is 0.464. The summed E-state index contributed by atoms with van der Waals surface area (Å²) in [5.41, 5.74) is 0. The van der Waals surface area contributed by atoms with E-state index in [1.165, 1.54) is 24.3 Å². The number of carbonyl (C=O) groups excluding carboxylic acids is 2. The number of hydrogen-bond acceptors (Lipinski definition) is 4. The van der Waals surface area contributed by atoms with Crippen molar-refractivity contribution in [1.29, 1.82) is 0 Å². The van der Waals surface area contributed by atoms with Gasteiger partial charge in [-0.05, 0) is 12.8 Å². The minimum Gasteiger partial charge on any atom is -0.275 e. The van der Waals surface area contributed by atoms with Crippen LogP contribution in [0.1, 0.15) is 38.5 Å². The Balaban J connectivity index is 3.47. The van der Waals surface area contributed by atoms with Crippen molar-refractivity contribution in [2.75, 3.05) is 28.3 Å². The standard InChI is InChI=1S/C12H24N2O4/c1-13(17-3)11(15)9-7-5-6-8-10-12(16)14(2)18-4/h5-10H2,1-4H3. The van der Waals surface area contributed by atoms with Crippen molar-refractivity contribution >= 4 is 11.8 Å². The molecule has 0 bridgehead atoms. The molecular formula is C12H24N2O4. The molecule has 106 valence electrons. The van der Waals surface area contributed by atoms with E-state index < -0.39 is 0 Å². The maximum Gasteiger partial charge on any atom is 0.245 e. The Morgan fingerprint density at radius 3 is 1.39 bits per heavy atom. The van der Waals surface area contributed by atoms with Crippen LogP contribution < -0.4 is 0 Å². The van der Waals surface area contributed by atoms with Crippen molar-refractivity contribution in [3.05, 3.63) is 0 Å². The van der Waals surface area contributed by atoms with E-state index >= 15 is 0 Å². The lowest BCUT2D eigenvalue weighted by molar-refractivity contribution is -0.169. The first-order chi connectivity index (χ1) is 8.52. The number of amides is 2. The van der Waals surface area contributed by atoms with Crippen LogP contribution in [0.5, 0.6) is 0 Å². The van der Waals surface area contributed by atoms with Gasteiger partial charge in [-0.25, -0.2) is 10.1 Å². The highest BCUT2D eigenvalue weighted by molar-refractivity contribution is 5.75. The second-order valence-electron chi connectivity index (χ2n) is 4.06. The number of rotatable bonds is 9. The van der Waals surface area contributed by atoms with Crippen molar-refractivity contribution in [2.24, 2.45) is 0 Å². The average Bonchev–Trinajstić information content (AvgIpc) is 2.39. The number of carbonyl (C=O) groups is 2. The molecule has 0 aromatic heterocycles. The van der Waals surface area contributed by atoms with Gasteiger partial charge < -0.3 is 0 Å². The van der Waals surface area contributed by atoms with Crippen LogP contribution in [0, 0.1) is 0 Å².